The van der Waals surface area contributed by atoms with Crippen LogP contribution in [0.1, 0.15) is 161 Å². The van der Waals surface area contributed by atoms with Crippen molar-refractivity contribution in [3.8, 4) is 0 Å². The predicted octanol–water partition coefficient (Wildman–Crippen LogP) is 10.0. The maximum absolute atomic E-state index is 10.4. The minimum absolute atomic E-state index is 0.342. The highest BCUT2D eigenvalue weighted by molar-refractivity contribution is 5.66. The van der Waals surface area contributed by atoms with Gasteiger partial charge in [0.15, 0.2) is 0 Å². The van der Waals surface area contributed by atoms with Gasteiger partial charge in [0.25, 0.3) is 0 Å². The molecule has 0 amide bonds. The van der Waals surface area contributed by atoms with Crippen molar-refractivity contribution in [2.24, 2.45) is 0 Å². The molecule has 0 bridgehead atoms. The van der Waals surface area contributed by atoms with E-state index >= 15 is 0 Å². The molecule has 0 heterocycles. The molecule has 0 spiro atoms. The predicted molar refractivity (Wildman–Crippen MR) is 133 cm³/mol. The Balaban J connectivity index is 3.08. The Kier molecular flexibility index (Phi) is 25.6. The van der Waals surface area contributed by atoms with Gasteiger partial charge in [0.1, 0.15) is 0 Å². The fourth-order valence-electron chi connectivity index (χ4n) is 4.11. The fraction of sp³-hybridized carbons (Fsp3) is 0.893. The Morgan fingerprint density at radius 3 is 1.13 bits per heavy atom. The lowest BCUT2D eigenvalue weighted by Gasteiger charge is -2.02. The number of aliphatic carboxylic acids is 1. The fourth-order valence-corrected chi connectivity index (χ4v) is 4.11. The van der Waals surface area contributed by atoms with E-state index in [0.717, 1.165) is 12.8 Å². The second-order valence-electron chi connectivity index (χ2n) is 9.26. The minimum atomic E-state index is -0.653. The summed E-state index contributed by atoms with van der Waals surface area (Å²) in [6, 6.07) is 0. The average molecular weight is 423 g/mol. The van der Waals surface area contributed by atoms with Crippen LogP contribution in [0, 0.1) is 0 Å². The van der Waals surface area contributed by atoms with Gasteiger partial charge in [0.2, 0.25) is 0 Å². The summed E-state index contributed by atoms with van der Waals surface area (Å²) in [5, 5.41) is 8.59. The molecule has 30 heavy (non-hydrogen) atoms. The SMILES string of the molecule is CCCCCCCCCCCCC=CCCCCCCCCCCCCCC(=O)O. The van der Waals surface area contributed by atoms with E-state index in [2.05, 4.69) is 19.1 Å². The van der Waals surface area contributed by atoms with E-state index in [1.54, 1.807) is 0 Å². The van der Waals surface area contributed by atoms with E-state index in [4.69, 9.17) is 5.11 Å². The number of hydrogen-bond donors (Lipinski definition) is 1. The summed E-state index contributed by atoms with van der Waals surface area (Å²) in [5.41, 5.74) is 0. The van der Waals surface area contributed by atoms with Gasteiger partial charge < -0.3 is 5.11 Å². The maximum Gasteiger partial charge on any atom is 0.303 e. The van der Waals surface area contributed by atoms with Crippen molar-refractivity contribution in [3.63, 3.8) is 0 Å². The van der Waals surface area contributed by atoms with Gasteiger partial charge in [0.05, 0.1) is 0 Å². The number of hydrogen-bond acceptors (Lipinski definition) is 1. The van der Waals surface area contributed by atoms with Gasteiger partial charge >= 0.3 is 5.97 Å². The van der Waals surface area contributed by atoms with Crippen LogP contribution in [0.2, 0.25) is 0 Å². The molecule has 0 fully saturated rings. The topological polar surface area (TPSA) is 37.3 Å². The van der Waals surface area contributed by atoms with Crippen molar-refractivity contribution in [2.75, 3.05) is 0 Å². The van der Waals surface area contributed by atoms with Crippen LogP contribution in [0.5, 0.6) is 0 Å². The van der Waals surface area contributed by atoms with Crippen molar-refractivity contribution in [1.29, 1.82) is 0 Å². The summed E-state index contributed by atoms with van der Waals surface area (Å²) < 4.78 is 0. The lowest BCUT2D eigenvalue weighted by Crippen LogP contribution is -1.93. The number of allylic oxidation sites excluding steroid dienone is 2. The molecular weight excluding hydrogens is 368 g/mol. The third-order valence-electron chi connectivity index (χ3n) is 6.15. The molecule has 0 aliphatic rings. The average Bonchev–Trinajstić information content (AvgIpc) is 2.73. The molecule has 0 aromatic heterocycles. The van der Waals surface area contributed by atoms with Crippen molar-refractivity contribution in [3.05, 3.63) is 12.2 Å². The maximum atomic E-state index is 10.4. The molecule has 0 aliphatic heterocycles. The lowest BCUT2D eigenvalue weighted by molar-refractivity contribution is -0.137. The standard InChI is InChI=1S/C28H54O2/c1-2-3-4-5-6-7-8-9-10-11-12-13-14-15-16-17-18-19-20-21-22-23-24-25-26-27-28(29)30/h13-14H,2-12,15-27H2,1H3,(H,29,30). The largest absolute Gasteiger partial charge is 0.481 e. The Labute approximate surface area is 189 Å². The van der Waals surface area contributed by atoms with Gasteiger partial charge in [-0.2, -0.15) is 0 Å². The second kappa shape index (κ2) is 26.2. The van der Waals surface area contributed by atoms with Crippen LogP contribution in [0.3, 0.4) is 0 Å². The number of carbonyl (C=O) groups is 1. The summed E-state index contributed by atoms with van der Waals surface area (Å²) in [6.45, 7) is 2.29. The molecule has 0 radical (unpaired) electrons. The zero-order valence-corrected chi connectivity index (χ0v) is 20.5. The van der Waals surface area contributed by atoms with Crippen LogP contribution in [0.4, 0.5) is 0 Å². The molecule has 0 aromatic rings. The van der Waals surface area contributed by atoms with Crippen LogP contribution in [0.25, 0.3) is 0 Å². The number of carboxylic acid groups (broad SMARTS) is 1. The van der Waals surface area contributed by atoms with Gasteiger partial charge in [-0.25, -0.2) is 0 Å². The number of rotatable bonds is 25. The molecule has 0 unspecified atom stereocenters. The molecule has 0 rings (SSSR count). The van der Waals surface area contributed by atoms with Crippen LogP contribution in [0.15, 0.2) is 12.2 Å². The highest BCUT2D eigenvalue weighted by atomic mass is 16.4. The normalized spacial score (nSPS) is 11.5. The highest BCUT2D eigenvalue weighted by Crippen LogP contribution is 2.14. The monoisotopic (exact) mass is 422 g/mol. The van der Waals surface area contributed by atoms with E-state index < -0.39 is 5.97 Å². The third-order valence-corrected chi connectivity index (χ3v) is 6.15. The molecule has 0 saturated carbocycles. The summed E-state index contributed by atoms with van der Waals surface area (Å²) in [4.78, 5) is 10.4. The van der Waals surface area contributed by atoms with Crippen LogP contribution >= 0.6 is 0 Å². The van der Waals surface area contributed by atoms with Crippen LogP contribution < -0.4 is 0 Å². The first-order valence-corrected chi connectivity index (χ1v) is 13.6. The Hall–Kier alpha value is -0.790. The lowest BCUT2D eigenvalue weighted by atomic mass is 10.0. The van der Waals surface area contributed by atoms with E-state index in [1.165, 1.54) is 135 Å². The van der Waals surface area contributed by atoms with Gasteiger partial charge in [-0.1, -0.05) is 135 Å². The first-order chi connectivity index (χ1) is 14.8. The first kappa shape index (κ1) is 29.2. The molecular formula is C28H54O2. The minimum Gasteiger partial charge on any atom is -0.481 e. The van der Waals surface area contributed by atoms with E-state index in [9.17, 15) is 4.79 Å². The zero-order valence-electron chi connectivity index (χ0n) is 20.5. The number of carboxylic acids is 1. The molecule has 0 aliphatic carbocycles. The number of unbranched alkanes of at least 4 members (excludes halogenated alkanes) is 21. The Morgan fingerprint density at radius 2 is 0.800 bits per heavy atom. The quantitative estimate of drug-likeness (QED) is 0.117. The molecule has 1 N–H and O–H groups in total. The second-order valence-corrected chi connectivity index (χ2v) is 9.26. The molecule has 0 saturated heterocycles. The first-order valence-electron chi connectivity index (χ1n) is 13.6. The van der Waals surface area contributed by atoms with Gasteiger partial charge in [0, 0.05) is 6.42 Å². The summed E-state index contributed by atoms with van der Waals surface area (Å²) in [5.74, 6) is -0.653. The third kappa shape index (κ3) is 27.2. The van der Waals surface area contributed by atoms with Gasteiger partial charge in [-0.15, -0.1) is 0 Å². The molecule has 2 nitrogen and oxygen atoms in total. The van der Waals surface area contributed by atoms with Crippen LogP contribution in [-0.2, 0) is 4.79 Å². The van der Waals surface area contributed by atoms with Crippen molar-refractivity contribution in [1.82, 2.24) is 0 Å². The van der Waals surface area contributed by atoms with E-state index in [-0.39, 0.29) is 0 Å². The molecule has 0 aromatic carbocycles. The molecule has 0 atom stereocenters. The summed E-state index contributed by atoms with van der Waals surface area (Å²) >= 11 is 0. The van der Waals surface area contributed by atoms with Gasteiger partial charge in [-0.05, 0) is 32.1 Å². The highest BCUT2D eigenvalue weighted by Gasteiger charge is 1.97. The van der Waals surface area contributed by atoms with Crippen molar-refractivity contribution < 1.29 is 9.90 Å². The van der Waals surface area contributed by atoms with Crippen molar-refractivity contribution >= 4 is 5.97 Å². The van der Waals surface area contributed by atoms with Crippen LogP contribution in [-0.4, -0.2) is 11.1 Å². The summed E-state index contributed by atoms with van der Waals surface area (Å²) in [6.07, 6.45) is 36.0. The van der Waals surface area contributed by atoms with Crippen molar-refractivity contribution in [2.45, 2.75) is 161 Å². The summed E-state index contributed by atoms with van der Waals surface area (Å²) in [7, 11) is 0. The Morgan fingerprint density at radius 1 is 0.500 bits per heavy atom. The zero-order chi connectivity index (χ0) is 22.0. The molecule has 178 valence electrons. The smallest absolute Gasteiger partial charge is 0.303 e. The van der Waals surface area contributed by atoms with Gasteiger partial charge in [-0.3, -0.25) is 4.79 Å². The van der Waals surface area contributed by atoms with E-state index in [0.29, 0.717) is 6.42 Å². The Bertz CT molecular complexity index is 362. The van der Waals surface area contributed by atoms with E-state index in [1.807, 2.05) is 0 Å². The molecule has 2 heteroatoms.